The molecule has 0 amide bonds. The third-order valence-electron chi connectivity index (χ3n) is 3.37. The number of aryl methyl sites for hydroxylation is 2. The van der Waals surface area contributed by atoms with Gasteiger partial charge in [0.05, 0.1) is 6.10 Å². The van der Waals surface area contributed by atoms with Crippen molar-refractivity contribution in [3.8, 4) is 0 Å². The second-order valence-corrected chi connectivity index (χ2v) is 4.82. The van der Waals surface area contributed by atoms with E-state index in [1.165, 1.54) is 0 Å². The van der Waals surface area contributed by atoms with Crippen LogP contribution in [0, 0.1) is 19.7 Å². The molecule has 0 aromatic heterocycles. The summed E-state index contributed by atoms with van der Waals surface area (Å²) in [4.78, 5) is 0. The van der Waals surface area contributed by atoms with E-state index in [1.807, 2.05) is 0 Å². The average Bonchev–Trinajstić information content (AvgIpc) is 2.35. The second-order valence-electron chi connectivity index (χ2n) is 4.82. The van der Waals surface area contributed by atoms with E-state index < -0.39 is 6.10 Å². The average molecular weight is 238 g/mol. The Morgan fingerprint density at radius 3 is 2.47 bits per heavy atom. The molecule has 2 rings (SSSR count). The van der Waals surface area contributed by atoms with Gasteiger partial charge in [-0.3, -0.25) is 0 Å². The first-order valence-corrected chi connectivity index (χ1v) is 6.16. The van der Waals surface area contributed by atoms with Crippen LogP contribution in [-0.4, -0.2) is 17.8 Å². The first kappa shape index (κ1) is 12.5. The fraction of sp³-hybridized carbons (Fsp3) is 0.571. The molecule has 3 heteroatoms. The number of benzene rings is 1. The predicted molar refractivity (Wildman–Crippen MR) is 64.4 cm³/mol. The lowest BCUT2D eigenvalue weighted by Crippen LogP contribution is -2.26. The minimum Gasteiger partial charge on any atom is -0.386 e. The molecule has 1 N–H and O–H groups in total. The molecule has 0 bridgehead atoms. The molecule has 1 aliphatic heterocycles. The van der Waals surface area contributed by atoms with E-state index in [1.54, 1.807) is 26.0 Å². The number of ether oxygens (including phenoxy) is 1. The molecule has 1 fully saturated rings. The van der Waals surface area contributed by atoms with Crippen LogP contribution in [0.25, 0.3) is 0 Å². The fourth-order valence-corrected chi connectivity index (χ4v) is 2.38. The molecule has 0 aliphatic carbocycles. The molecule has 1 aromatic carbocycles. The lowest BCUT2D eigenvalue weighted by atomic mass is 9.95. The molecule has 1 saturated heterocycles. The number of aliphatic hydroxyl groups excluding tert-OH is 1. The zero-order valence-electron chi connectivity index (χ0n) is 10.4. The largest absolute Gasteiger partial charge is 0.386 e. The van der Waals surface area contributed by atoms with Crippen LogP contribution in [0.15, 0.2) is 12.1 Å². The summed E-state index contributed by atoms with van der Waals surface area (Å²) in [6.07, 6.45) is 2.23. The summed E-state index contributed by atoms with van der Waals surface area (Å²) in [7, 11) is 0. The molecule has 0 spiro atoms. The SMILES string of the molecule is Cc1cc(C(O)C2CCCCO2)cc(C)c1F. The van der Waals surface area contributed by atoms with E-state index in [-0.39, 0.29) is 11.9 Å². The van der Waals surface area contributed by atoms with Gasteiger partial charge in [-0.1, -0.05) is 12.1 Å². The van der Waals surface area contributed by atoms with Crippen LogP contribution < -0.4 is 0 Å². The van der Waals surface area contributed by atoms with Gasteiger partial charge in [0.15, 0.2) is 0 Å². The standard InChI is InChI=1S/C14H19FO2/c1-9-7-11(8-10(2)13(9)15)14(16)12-5-3-4-6-17-12/h7-8,12,14,16H,3-6H2,1-2H3. The van der Waals surface area contributed by atoms with Gasteiger partial charge >= 0.3 is 0 Å². The van der Waals surface area contributed by atoms with Crippen molar-refractivity contribution in [1.82, 2.24) is 0 Å². The fourth-order valence-electron chi connectivity index (χ4n) is 2.38. The highest BCUT2D eigenvalue weighted by Gasteiger charge is 2.24. The Bertz CT molecular complexity index is 374. The van der Waals surface area contributed by atoms with Gasteiger partial charge in [0, 0.05) is 6.61 Å². The van der Waals surface area contributed by atoms with E-state index in [0.29, 0.717) is 17.7 Å². The van der Waals surface area contributed by atoms with Crippen molar-refractivity contribution < 1.29 is 14.2 Å². The number of hydrogen-bond acceptors (Lipinski definition) is 2. The summed E-state index contributed by atoms with van der Waals surface area (Å²) in [5.74, 6) is -0.189. The van der Waals surface area contributed by atoms with Crippen molar-refractivity contribution in [2.24, 2.45) is 0 Å². The van der Waals surface area contributed by atoms with Gasteiger partial charge in [0.2, 0.25) is 0 Å². The second kappa shape index (κ2) is 5.15. The molecule has 1 heterocycles. The molecule has 17 heavy (non-hydrogen) atoms. The highest BCUT2D eigenvalue weighted by Crippen LogP contribution is 2.28. The third kappa shape index (κ3) is 2.67. The number of aliphatic hydroxyl groups is 1. The van der Waals surface area contributed by atoms with Crippen LogP contribution in [0.1, 0.15) is 42.1 Å². The van der Waals surface area contributed by atoms with Crippen molar-refractivity contribution in [1.29, 1.82) is 0 Å². The molecule has 1 aliphatic rings. The summed E-state index contributed by atoms with van der Waals surface area (Å²) in [5, 5.41) is 10.2. The highest BCUT2D eigenvalue weighted by atomic mass is 19.1. The Kier molecular flexibility index (Phi) is 3.79. The van der Waals surface area contributed by atoms with Crippen molar-refractivity contribution >= 4 is 0 Å². The van der Waals surface area contributed by atoms with Crippen molar-refractivity contribution in [2.75, 3.05) is 6.61 Å². The van der Waals surface area contributed by atoms with Crippen LogP contribution in [-0.2, 0) is 4.74 Å². The minimum absolute atomic E-state index is 0.145. The normalized spacial score (nSPS) is 22.5. The maximum atomic E-state index is 13.5. The zero-order chi connectivity index (χ0) is 12.4. The summed E-state index contributed by atoms with van der Waals surface area (Å²) in [6, 6.07) is 3.43. The quantitative estimate of drug-likeness (QED) is 0.858. The molecule has 1 aromatic rings. The van der Waals surface area contributed by atoms with Crippen LogP contribution in [0.3, 0.4) is 0 Å². The number of rotatable bonds is 2. The highest BCUT2D eigenvalue weighted by molar-refractivity contribution is 5.32. The zero-order valence-corrected chi connectivity index (χ0v) is 10.4. The Hall–Kier alpha value is -0.930. The van der Waals surface area contributed by atoms with E-state index in [2.05, 4.69) is 0 Å². The summed E-state index contributed by atoms with van der Waals surface area (Å²) < 4.78 is 19.1. The monoisotopic (exact) mass is 238 g/mol. The van der Waals surface area contributed by atoms with Gasteiger partial charge in [0.1, 0.15) is 11.9 Å². The summed E-state index contributed by atoms with van der Waals surface area (Å²) >= 11 is 0. The van der Waals surface area contributed by atoms with Gasteiger partial charge in [-0.25, -0.2) is 4.39 Å². The van der Waals surface area contributed by atoms with E-state index in [4.69, 9.17) is 4.74 Å². The molecule has 2 atom stereocenters. The van der Waals surface area contributed by atoms with Gasteiger partial charge in [-0.15, -0.1) is 0 Å². The molecular formula is C14H19FO2. The maximum absolute atomic E-state index is 13.5. The Morgan fingerprint density at radius 1 is 1.29 bits per heavy atom. The van der Waals surface area contributed by atoms with Crippen LogP contribution in [0.2, 0.25) is 0 Å². The molecule has 94 valence electrons. The van der Waals surface area contributed by atoms with Crippen LogP contribution in [0.4, 0.5) is 4.39 Å². The molecule has 2 unspecified atom stereocenters. The first-order chi connectivity index (χ1) is 8.09. The number of hydrogen-bond donors (Lipinski definition) is 1. The molecular weight excluding hydrogens is 219 g/mol. The van der Waals surface area contributed by atoms with Crippen molar-refractivity contribution in [2.45, 2.75) is 45.3 Å². The van der Waals surface area contributed by atoms with Crippen LogP contribution in [0.5, 0.6) is 0 Å². The van der Waals surface area contributed by atoms with Crippen molar-refractivity contribution in [3.05, 3.63) is 34.6 Å². The van der Waals surface area contributed by atoms with Gasteiger partial charge in [-0.2, -0.15) is 0 Å². The van der Waals surface area contributed by atoms with Gasteiger partial charge in [0.25, 0.3) is 0 Å². The third-order valence-corrected chi connectivity index (χ3v) is 3.37. The smallest absolute Gasteiger partial charge is 0.129 e. The van der Waals surface area contributed by atoms with E-state index in [9.17, 15) is 9.50 Å². The van der Waals surface area contributed by atoms with E-state index in [0.717, 1.165) is 24.8 Å². The first-order valence-electron chi connectivity index (χ1n) is 6.16. The number of halogens is 1. The lowest BCUT2D eigenvalue weighted by molar-refractivity contribution is -0.0633. The topological polar surface area (TPSA) is 29.5 Å². The van der Waals surface area contributed by atoms with E-state index >= 15 is 0 Å². The van der Waals surface area contributed by atoms with Gasteiger partial charge in [-0.05, 0) is 49.8 Å². The maximum Gasteiger partial charge on any atom is 0.129 e. The molecule has 2 nitrogen and oxygen atoms in total. The predicted octanol–water partition coefficient (Wildman–Crippen LogP) is 3.05. The Morgan fingerprint density at radius 2 is 1.94 bits per heavy atom. The Labute approximate surface area is 101 Å². The lowest BCUT2D eigenvalue weighted by Gasteiger charge is -2.27. The molecule has 0 radical (unpaired) electrons. The Balaban J connectivity index is 2.21. The van der Waals surface area contributed by atoms with Gasteiger partial charge < -0.3 is 9.84 Å². The minimum atomic E-state index is -0.645. The summed E-state index contributed by atoms with van der Waals surface area (Å²) in [6.45, 7) is 4.15. The van der Waals surface area contributed by atoms with Crippen molar-refractivity contribution in [3.63, 3.8) is 0 Å². The molecule has 0 saturated carbocycles. The summed E-state index contributed by atoms with van der Waals surface area (Å²) in [5.41, 5.74) is 1.91. The van der Waals surface area contributed by atoms with Crippen LogP contribution >= 0.6 is 0 Å².